The summed E-state index contributed by atoms with van der Waals surface area (Å²) in [6, 6.07) is 1.48. The number of likely N-dealkylation sites (N-methyl/N-ethyl adjacent to an activating group) is 1. The summed E-state index contributed by atoms with van der Waals surface area (Å²) >= 11 is 5.81. The highest BCUT2D eigenvalue weighted by Crippen LogP contribution is 2.18. The molecule has 8 heteroatoms. The van der Waals surface area contributed by atoms with Crippen LogP contribution in [0, 0.1) is 0 Å². The van der Waals surface area contributed by atoms with Crippen LogP contribution < -0.4 is 11.1 Å². The van der Waals surface area contributed by atoms with Crippen molar-refractivity contribution in [1.29, 1.82) is 0 Å². The Labute approximate surface area is 128 Å². The topological polar surface area (TPSA) is 91.6 Å². The molecule has 3 N–H and O–H groups in total. The number of hydrogen-bond acceptors (Lipinski definition) is 5. The van der Waals surface area contributed by atoms with Crippen molar-refractivity contribution >= 4 is 29.1 Å². The third kappa shape index (κ3) is 3.83. The van der Waals surface area contributed by atoms with Gasteiger partial charge in [-0.05, 0) is 6.07 Å². The number of piperazine rings is 1. The summed E-state index contributed by atoms with van der Waals surface area (Å²) < 4.78 is 0. The Balaban J connectivity index is 1.97. The van der Waals surface area contributed by atoms with Crippen LogP contribution in [0.5, 0.6) is 0 Å². The van der Waals surface area contributed by atoms with E-state index in [-0.39, 0.29) is 17.0 Å². The lowest BCUT2D eigenvalue weighted by atomic mass is 10.2. The molecule has 21 heavy (non-hydrogen) atoms. The van der Waals surface area contributed by atoms with E-state index in [1.54, 1.807) is 11.9 Å². The van der Waals surface area contributed by atoms with Crippen molar-refractivity contribution in [2.45, 2.75) is 0 Å². The molecule has 0 saturated carbocycles. The number of nitrogens with one attached hydrogen (secondary N) is 1. The molecule has 1 aliphatic heterocycles. The minimum atomic E-state index is -0.156. The Morgan fingerprint density at radius 1 is 1.38 bits per heavy atom. The van der Waals surface area contributed by atoms with Crippen LogP contribution in [0.4, 0.5) is 5.69 Å². The fourth-order valence-electron chi connectivity index (χ4n) is 2.19. The molecule has 7 nitrogen and oxygen atoms in total. The molecule has 1 saturated heterocycles. The van der Waals surface area contributed by atoms with Gasteiger partial charge in [0, 0.05) is 33.2 Å². The van der Waals surface area contributed by atoms with E-state index >= 15 is 0 Å². The minimum absolute atomic E-state index is 0.0278. The maximum atomic E-state index is 12.4. The van der Waals surface area contributed by atoms with E-state index in [1.165, 1.54) is 12.3 Å². The molecule has 0 unspecified atom stereocenters. The lowest BCUT2D eigenvalue weighted by molar-refractivity contribution is -0.122. The number of nitrogens with zero attached hydrogens (tertiary/aromatic N) is 3. The number of carbonyl (C=O) groups excluding carboxylic acids is 2. The number of anilines is 1. The fraction of sp³-hybridized carbons (Fsp3) is 0.462. The number of carbonyl (C=O) groups is 2. The maximum absolute atomic E-state index is 12.4. The molecule has 2 amide bonds. The van der Waals surface area contributed by atoms with Crippen LogP contribution in [0.25, 0.3) is 0 Å². The van der Waals surface area contributed by atoms with Crippen molar-refractivity contribution in [3.63, 3.8) is 0 Å². The van der Waals surface area contributed by atoms with Crippen LogP contribution in [-0.4, -0.2) is 66.4 Å². The van der Waals surface area contributed by atoms with E-state index in [0.29, 0.717) is 44.0 Å². The van der Waals surface area contributed by atoms with E-state index in [1.807, 2.05) is 4.90 Å². The zero-order chi connectivity index (χ0) is 15.4. The second-order valence-corrected chi connectivity index (χ2v) is 5.22. The molecule has 0 spiro atoms. The summed E-state index contributed by atoms with van der Waals surface area (Å²) in [4.78, 5) is 31.3. The molecule has 1 fully saturated rings. The first-order valence-corrected chi connectivity index (χ1v) is 7.02. The predicted octanol–water partition coefficient (Wildman–Crippen LogP) is -0.179. The number of amides is 2. The van der Waals surface area contributed by atoms with Gasteiger partial charge in [0.05, 0.1) is 24.0 Å². The van der Waals surface area contributed by atoms with Crippen molar-refractivity contribution in [2.75, 3.05) is 45.5 Å². The molecule has 0 bridgehead atoms. The van der Waals surface area contributed by atoms with Gasteiger partial charge in [-0.15, -0.1) is 0 Å². The van der Waals surface area contributed by atoms with Crippen LogP contribution >= 0.6 is 11.6 Å². The standard InChI is InChI=1S/C13H18ClN5O2/c1-16-12(20)8-18-2-4-19(5-3-18)13(21)9-6-11(14)17-7-10(9)15/h6-7H,2-5,8,15H2,1H3,(H,16,20). The van der Waals surface area contributed by atoms with Gasteiger partial charge in [0.25, 0.3) is 5.91 Å². The van der Waals surface area contributed by atoms with Crippen LogP contribution in [-0.2, 0) is 4.79 Å². The molecule has 0 radical (unpaired) electrons. The average molecular weight is 312 g/mol. The number of aromatic nitrogens is 1. The molecule has 0 atom stereocenters. The highest BCUT2D eigenvalue weighted by atomic mass is 35.5. The van der Waals surface area contributed by atoms with Crippen molar-refractivity contribution in [2.24, 2.45) is 0 Å². The fourth-order valence-corrected chi connectivity index (χ4v) is 2.35. The van der Waals surface area contributed by atoms with Crippen molar-refractivity contribution in [1.82, 2.24) is 20.1 Å². The zero-order valence-electron chi connectivity index (χ0n) is 11.8. The number of nitrogens with two attached hydrogens (primary N) is 1. The molecular weight excluding hydrogens is 294 g/mol. The lowest BCUT2D eigenvalue weighted by Crippen LogP contribution is -2.51. The Morgan fingerprint density at radius 3 is 2.67 bits per heavy atom. The van der Waals surface area contributed by atoms with Crippen LogP contribution in [0.15, 0.2) is 12.3 Å². The number of hydrogen-bond donors (Lipinski definition) is 2. The van der Waals surface area contributed by atoms with Gasteiger partial charge in [-0.25, -0.2) is 4.98 Å². The largest absolute Gasteiger partial charge is 0.397 e. The van der Waals surface area contributed by atoms with Crippen molar-refractivity contribution in [3.05, 3.63) is 23.0 Å². The molecule has 1 aliphatic rings. The Hall–Kier alpha value is -1.86. The van der Waals surface area contributed by atoms with E-state index in [2.05, 4.69) is 10.3 Å². The Morgan fingerprint density at radius 2 is 2.05 bits per heavy atom. The summed E-state index contributed by atoms with van der Waals surface area (Å²) in [6.45, 7) is 2.75. The lowest BCUT2D eigenvalue weighted by Gasteiger charge is -2.34. The van der Waals surface area contributed by atoms with Gasteiger partial charge < -0.3 is 16.0 Å². The predicted molar refractivity (Wildman–Crippen MR) is 80.1 cm³/mol. The van der Waals surface area contributed by atoms with Crippen molar-refractivity contribution < 1.29 is 9.59 Å². The second-order valence-electron chi connectivity index (χ2n) is 4.84. The molecule has 114 valence electrons. The summed E-state index contributed by atoms with van der Waals surface area (Å²) in [6.07, 6.45) is 1.39. The monoisotopic (exact) mass is 311 g/mol. The van der Waals surface area contributed by atoms with Gasteiger partial charge >= 0.3 is 0 Å². The highest BCUT2D eigenvalue weighted by Gasteiger charge is 2.24. The molecule has 1 aromatic heterocycles. The SMILES string of the molecule is CNC(=O)CN1CCN(C(=O)c2cc(Cl)ncc2N)CC1. The minimum Gasteiger partial charge on any atom is -0.397 e. The van der Waals surface area contributed by atoms with Gasteiger partial charge in [-0.3, -0.25) is 14.5 Å². The molecule has 1 aromatic rings. The summed E-state index contributed by atoms with van der Waals surface area (Å²) in [5, 5.41) is 2.83. The van der Waals surface area contributed by atoms with E-state index in [4.69, 9.17) is 17.3 Å². The van der Waals surface area contributed by atoms with Crippen LogP contribution in [0.2, 0.25) is 5.15 Å². The van der Waals surface area contributed by atoms with E-state index in [0.717, 1.165) is 0 Å². The highest BCUT2D eigenvalue weighted by molar-refractivity contribution is 6.29. The van der Waals surface area contributed by atoms with Gasteiger partial charge in [-0.1, -0.05) is 11.6 Å². The molecule has 2 rings (SSSR count). The van der Waals surface area contributed by atoms with Gasteiger partial charge in [-0.2, -0.15) is 0 Å². The number of pyridine rings is 1. The third-order valence-electron chi connectivity index (χ3n) is 3.44. The van der Waals surface area contributed by atoms with Gasteiger partial charge in [0.1, 0.15) is 5.15 Å². The first kappa shape index (κ1) is 15.5. The maximum Gasteiger partial charge on any atom is 0.256 e. The van der Waals surface area contributed by atoms with Gasteiger partial charge in [0.2, 0.25) is 5.91 Å². The third-order valence-corrected chi connectivity index (χ3v) is 3.64. The quantitative estimate of drug-likeness (QED) is 0.756. The summed E-state index contributed by atoms with van der Waals surface area (Å²) in [5.41, 5.74) is 6.46. The van der Waals surface area contributed by atoms with Crippen LogP contribution in [0.1, 0.15) is 10.4 Å². The normalized spacial score (nSPS) is 15.8. The molecule has 0 aliphatic carbocycles. The second kappa shape index (κ2) is 6.73. The molecular formula is C13H18ClN5O2. The molecule has 2 heterocycles. The zero-order valence-corrected chi connectivity index (χ0v) is 12.6. The summed E-state index contributed by atoms with van der Waals surface area (Å²) in [5.74, 6) is -0.184. The molecule has 0 aromatic carbocycles. The number of nitrogen functional groups attached to an aromatic ring is 1. The van der Waals surface area contributed by atoms with Crippen LogP contribution in [0.3, 0.4) is 0 Å². The first-order valence-electron chi connectivity index (χ1n) is 6.64. The Bertz CT molecular complexity index is 543. The van der Waals surface area contributed by atoms with Gasteiger partial charge in [0.15, 0.2) is 0 Å². The average Bonchev–Trinajstić information content (AvgIpc) is 2.49. The van der Waals surface area contributed by atoms with E-state index in [9.17, 15) is 9.59 Å². The van der Waals surface area contributed by atoms with Crippen molar-refractivity contribution in [3.8, 4) is 0 Å². The number of halogens is 1. The first-order chi connectivity index (χ1) is 10.0. The Kier molecular flexibility index (Phi) is 4.98. The van der Waals surface area contributed by atoms with E-state index < -0.39 is 0 Å². The summed E-state index contributed by atoms with van der Waals surface area (Å²) in [7, 11) is 1.61. The number of rotatable bonds is 3. The smallest absolute Gasteiger partial charge is 0.256 e.